The fraction of sp³-hybridized carbons (Fsp3) is 0.667. The molecule has 3 rings (SSSR count). The fourth-order valence-electron chi connectivity index (χ4n) is 3.85. The Bertz CT molecular complexity index is 660. The lowest BCUT2D eigenvalue weighted by molar-refractivity contribution is -0.144. The molecule has 0 aliphatic carbocycles. The second-order valence-corrected chi connectivity index (χ2v) is 8.70. The van der Waals surface area contributed by atoms with E-state index in [4.69, 9.17) is 0 Å². The number of amides is 2. The number of rotatable bonds is 4. The highest BCUT2D eigenvalue weighted by Gasteiger charge is 2.38. The summed E-state index contributed by atoms with van der Waals surface area (Å²) in [7, 11) is 0. The minimum Gasteiger partial charge on any atom is -0.357 e. The molecule has 2 aliphatic rings. The first kappa shape index (κ1) is 19.6. The number of likely N-dealkylation sites (tertiary alicyclic amines) is 1. The molecule has 6 nitrogen and oxygen atoms in total. The standard InChI is InChI=1S/C21H32N4O2/c1-21(2,3)20(27)25-13-7-8-17(25)19(26)23-15-16-9-10-18(22-14-16)24-11-5-4-6-12-24/h9-10,14,17H,4-8,11-13,15H2,1-3H3,(H,23,26). The molecule has 2 saturated heterocycles. The summed E-state index contributed by atoms with van der Waals surface area (Å²) in [6, 6.07) is 3.72. The predicted octanol–water partition coefficient (Wildman–Crippen LogP) is 2.73. The van der Waals surface area contributed by atoms with E-state index in [-0.39, 0.29) is 17.9 Å². The molecule has 1 unspecified atom stereocenters. The summed E-state index contributed by atoms with van der Waals surface area (Å²) in [5.41, 5.74) is 0.521. The molecule has 2 fully saturated rings. The van der Waals surface area contributed by atoms with E-state index in [1.54, 1.807) is 4.90 Å². The third-order valence-electron chi connectivity index (χ3n) is 5.41. The molecule has 1 atom stereocenters. The summed E-state index contributed by atoms with van der Waals surface area (Å²) in [4.78, 5) is 33.8. The molecule has 0 bridgehead atoms. The lowest BCUT2D eigenvalue weighted by Gasteiger charge is -2.30. The zero-order chi connectivity index (χ0) is 19.4. The van der Waals surface area contributed by atoms with Gasteiger partial charge in [-0.05, 0) is 43.7 Å². The van der Waals surface area contributed by atoms with Crippen LogP contribution in [0.5, 0.6) is 0 Å². The quantitative estimate of drug-likeness (QED) is 0.883. The smallest absolute Gasteiger partial charge is 0.243 e. The highest BCUT2D eigenvalue weighted by molar-refractivity contribution is 5.90. The average Bonchev–Trinajstić information content (AvgIpc) is 3.15. The van der Waals surface area contributed by atoms with Gasteiger partial charge in [0, 0.05) is 37.8 Å². The van der Waals surface area contributed by atoms with Crippen molar-refractivity contribution in [2.75, 3.05) is 24.5 Å². The number of piperidine rings is 1. The van der Waals surface area contributed by atoms with Crippen molar-refractivity contribution in [3.8, 4) is 0 Å². The Morgan fingerprint density at radius 2 is 1.85 bits per heavy atom. The fourth-order valence-corrected chi connectivity index (χ4v) is 3.85. The van der Waals surface area contributed by atoms with Crippen LogP contribution in [0.1, 0.15) is 58.4 Å². The molecule has 3 heterocycles. The molecule has 1 aromatic rings. The van der Waals surface area contributed by atoms with Gasteiger partial charge in [-0.15, -0.1) is 0 Å². The Morgan fingerprint density at radius 1 is 1.11 bits per heavy atom. The minimum atomic E-state index is -0.461. The molecule has 148 valence electrons. The summed E-state index contributed by atoms with van der Waals surface area (Å²) >= 11 is 0. The molecule has 2 amide bonds. The van der Waals surface area contributed by atoms with E-state index in [1.807, 2.05) is 39.1 Å². The summed E-state index contributed by atoms with van der Waals surface area (Å²) in [5.74, 6) is 1.00. The molecular formula is C21H32N4O2. The first-order valence-electron chi connectivity index (χ1n) is 10.1. The van der Waals surface area contributed by atoms with Crippen molar-refractivity contribution >= 4 is 17.6 Å². The largest absolute Gasteiger partial charge is 0.357 e. The van der Waals surface area contributed by atoms with Crippen LogP contribution in [0, 0.1) is 5.41 Å². The lowest BCUT2D eigenvalue weighted by Crippen LogP contribution is -2.49. The van der Waals surface area contributed by atoms with Gasteiger partial charge in [0.2, 0.25) is 11.8 Å². The average molecular weight is 373 g/mol. The van der Waals surface area contributed by atoms with Gasteiger partial charge in [0.15, 0.2) is 0 Å². The van der Waals surface area contributed by atoms with E-state index in [2.05, 4.69) is 15.2 Å². The summed E-state index contributed by atoms with van der Waals surface area (Å²) < 4.78 is 0. The maximum Gasteiger partial charge on any atom is 0.243 e. The maximum atomic E-state index is 12.6. The first-order chi connectivity index (χ1) is 12.9. The number of pyridine rings is 1. The lowest BCUT2D eigenvalue weighted by atomic mass is 9.94. The van der Waals surface area contributed by atoms with Crippen molar-refractivity contribution < 1.29 is 9.59 Å². The number of carbonyl (C=O) groups is 2. The van der Waals surface area contributed by atoms with Gasteiger partial charge in [0.1, 0.15) is 11.9 Å². The van der Waals surface area contributed by atoms with Crippen molar-refractivity contribution in [2.24, 2.45) is 5.41 Å². The van der Waals surface area contributed by atoms with Crippen LogP contribution in [-0.4, -0.2) is 47.4 Å². The van der Waals surface area contributed by atoms with Gasteiger partial charge in [0.05, 0.1) is 0 Å². The number of nitrogens with zero attached hydrogens (tertiary/aromatic N) is 3. The number of carbonyl (C=O) groups excluding carboxylic acids is 2. The number of anilines is 1. The molecule has 0 radical (unpaired) electrons. The van der Waals surface area contributed by atoms with E-state index < -0.39 is 5.41 Å². The topological polar surface area (TPSA) is 65.5 Å². The zero-order valence-electron chi connectivity index (χ0n) is 16.8. The van der Waals surface area contributed by atoms with Gasteiger partial charge in [-0.2, -0.15) is 0 Å². The Kier molecular flexibility index (Phi) is 6.02. The highest BCUT2D eigenvalue weighted by Crippen LogP contribution is 2.25. The number of aromatic nitrogens is 1. The van der Waals surface area contributed by atoms with Crippen LogP contribution in [0.3, 0.4) is 0 Å². The van der Waals surface area contributed by atoms with Crippen LogP contribution in [0.4, 0.5) is 5.82 Å². The second kappa shape index (κ2) is 8.28. The van der Waals surface area contributed by atoms with Gasteiger partial charge in [-0.25, -0.2) is 4.98 Å². The first-order valence-corrected chi connectivity index (χ1v) is 10.1. The Labute approximate surface area is 162 Å². The van der Waals surface area contributed by atoms with Crippen LogP contribution < -0.4 is 10.2 Å². The molecule has 1 N–H and O–H groups in total. The van der Waals surface area contributed by atoms with Crippen LogP contribution in [-0.2, 0) is 16.1 Å². The van der Waals surface area contributed by atoms with Gasteiger partial charge in [0.25, 0.3) is 0 Å². The molecule has 0 spiro atoms. The summed E-state index contributed by atoms with van der Waals surface area (Å²) in [6.07, 6.45) is 7.22. The van der Waals surface area contributed by atoms with Gasteiger partial charge >= 0.3 is 0 Å². The minimum absolute atomic E-state index is 0.0488. The van der Waals surface area contributed by atoms with Crippen molar-refractivity contribution in [3.63, 3.8) is 0 Å². The summed E-state index contributed by atoms with van der Waals surface area (Å²) in [5, 5.41) is 2.99. The van der Waals surface area contributed by atoms with E-state index in [1.165, 1.54) is 19.3 Å². The van der Waals surface area contributed by atoms with Crippen molar-refractivity contribution in [3.05, 3.63) is 23.9 Å². The normalized spacial score (nSPS) is 20.6. The summed E-state index contributed by atoms with van der Waals surface area (Å²) in [6.45, 7) is 8.96. The zero-order valence-corrected chi connectivity index (χ0v) is 16.8. The number of hydrogen-bond acceptors (Lipinski definition) is 4. The predicted molar refractivity (Wildman–Crippen MR) is 106 cm³/mol. The van der Waals surface area contributed by atoms with Gasteiger partial charge in [-0.3, -0.25) is 9.59 Å². The van der Waals surface area contributed by atoms with Crippen LogP contribution in [0.2, 0.25) is 0 Å². The van der Waals surface area contributed by atoms with Crippen LogP contribution in [0.15, 0.2) is 18.3 Å². The van der Waals surface area contributed by atoms with Crippen LogP contribution in [0.25, 0.3) is 0 Å². The van der Waals surface area contributed by atoms with E-state index in [0.717, 1.165) is 37.3 Å². The van der Waals surface area contributed by atoms with Crippen molar-refractivity contribution in [1.82, 2.24) is 15.2 Å². The molecule has 0 saturated carbocycles. The molecule has 0 aromatic carbocycles. The highest BCUT2D eigenvalue weighted by atomic mass is 16.2. The number of hydrogen-bond donors (Lipinski definition) is 1. The monoisotopic (exact) mass is 372 g/mol. The molecule has 27 heavy (non-hydrogen) atoms. The van der Waals surface area contributed by atoms with E-state index in [9.17, 15) is 9.59 Å². The Balaban J connectivity index is 1.54. The van der Waals surface area contributed by atoms with Gasteiger partial charge < -0.3 is 15.1 Å². The molecule has 1 aromatic heterocycles. The Hall–Kier alpha value is -2.11. The molecule has 2 aliphatic heterocycles. The van der Waals surface area contributed by atoms with E-state index >= 15 is 0 Å². The molecule has 6 heteroatoms. The van der Waals surface area contributed by atoms with E-state index in [0.29, 0.717) is 13.1 Å². The van der Waals surface area contributed by atoms with Crippen molar-refractivity contribution in [2.45, 2.75) is 65.5 Å². The third-order valence-corrected chi connectivity index (χ3v) is 5.41. The second-order valence-electron chi connectivity index (χ2n) is 8.70. The number of nitrogens with one attached hydrogen (secondary N) is 1. The Morgan fingerprint density at radius 3 is 2.48 bits per heavy atom. The SMILES string of the molecule is CC(C)(C)C(=O)N1CCCC1C(=O)NCc1ccc(N2CCCCC2)nc1. The maximum absolute atomic E-state index is 12.6. The van der Waals surface area contributed by atoms with Gasteiger partial charge in [-0.1, -0.05) is 26.8 Å². The third kappa shape index (κ3) is 4.79. The van der Waals surface area contributed by atoms with Crippen molar-refractivity contribution in [1.29, 1.82) is 0 Å². The van der Waals surface area contributed by atoms with Crippen LogP contribution >= 0.6 is 0 Å². The molecular weight excluding hydrogens is 340 g/mol.